The maximum atomic E-state index is 12.7. The Morgan fingerprint density at radius 1 is 1.15 bits per heavy atom. The number of hydrogen-bond acceptors (Lipinski definition) is 4. The molecule has 26 heavy (non-hydrogen) atoms. The predicted octanol–water partition coefficient (Wildman–Crippen LogP) is 4.71. The predicted molar refractivity (Wildman–Crippen MR) is 105 cm³/mol. The van der Waals surface area contributed by atoms with Crippen LogP contribution in [0.2, 0.25) is 5.02 Å². The maximum absolute atomic E-state index is 12.7. The van der Waals surface area contributed by atoms with Crippen molar-refractivity contribution >= 4 is 33.1 Å². The molecule has 140 valence electrons. The molecule has 0 saturated carbocycles. The van der Waals surface area contributed by atoms with E-state index in [9.17, 15) is 18.3 Å². The van der Waals surface area contributed by atoms with E-state index in [1.807, 2.05) is 6.92 Å². The molecule has 0 unspecified atom stereocenters. The maximum Gasteiger partial charge on any atom is 0.335 e. The van der Waals surface area contributed by atoms with Crippen LogP contribution in [-0.2, 0) is 9.84 Å². The van der Waals surface area contributed by atoms with Gasteiger partial charge in [0.15, 0.2) is 9.84 Å². The van der Waals surface area contributed by atoms with Gasteiger partial charge in [-0.15, -0.1) is 0 Å². The number of halogens is 1. The van der Waals surface area contributed by atoms with E-state index in [4.69, 9.17) is 11.6 Å². The summed E-state index contributed by atoms with van der Waals surface area (Å²) in [6, 6.07) is 9.54. The smallest absolute Gasteiger partial charge is 0.335 e. The highest BCUT2D eigenvalue weighted by Crippen LogP contribution is 2.37. The first-order valence-electron chi connectivity index (χ1n) is 8.44. The molecule has 7 heteroatoms. The van der Waals surface area contributed by atoms with Crippen LogP contribution in [0.25, 0.3) is 11.1 Å². The second-order valence-corrected chi connectivity index (χ2v) is 8.58. The van der Waals surface area contributed by atoms with Crippen molar-refractivity contribution in [1.82, 2.24) is 0 Å². The monoisotopic (exact) mass is 395 g/mol. The lowest BCUT2D eigenvalue weighted by molar-refractivity contribution is 0.0696. The van der Waals surface area contributed by atoms with Gasteiger partial charge < -0.3 is 10.4 Å². The first-order valence-corrected chi connectivity index (χ1v) is 10.5. The Bertz CT molecular complexity index is 893. The van der Waals surface area contributed by atoms with Gasteiger partial charge in [-0.25, -0.2) is 13.2 Å². The summed E-state index contributed by atoms with van der Waals surface area (Å²) in [6.45, 7) is 4.20. The van der Waals surface area contributed by atoms with Gasteiger partial charge in [0.1, 0.15) is 0 Å². The molecule has 2 rings (SSSR count). The van der Waals surface area contributed by atoms with Gasteiger partial charge >= 0.3 is 5.97 Å². The number of carbonyl (C=O) groups is 1. The Hall–Kier alpha value is -2.05. The molecule has 0 fully saturated rings. The topological polar surface area (TPSA) is 83.5 Å². The number of rotatable bonds is 8. The SMILES string of the molecule is CCCCNc1cc(C(=O)O)cc(S(=O)(=O)CC)c1-c1ccc(Cl)cc1. The lowest BCUT2D eigenvalue weighted by atomic mass is 10.0. The van der Waals surface area contributed by atoms with E-state index >= 15 is 0 Å². The molecule has 0 aliphatic rings. The largest absolute Gasteiger partial charge is 0.478 e. The first kappa shape index (κ1) is 20.3. The van der Waals surface area contributed by atoms with Gasteiger partial charge in [0.05, 0.1) is 16.2 Å². The molecule has 0 aliphatic carbocycles. The average molecular weight is 396 g/mol. The summed E-state index contributed by atoms with van der Waals surface area (Å²) in [4.78, 5) is 11.5. The molecule has 0 amide bonds. The number of sulfone groups is 1. The highest BCUT2D eigenvalue weighted by molar-refractivity contribution is 7.91. The number of carboxylic acid groups (broad SMARTS) is 1. The van der Waals surface area contributed by atoms with Crippen LogP contribution in [0.4, 0.5) is 5.69 Å². The minimum atomic E-state index is -3.63. The van der Waals surface area contributed by atoms with E-state index in [0.717, 1.165) is 12.8 Å². The summed E-state index contributed by atoms with van der Waals surface area (Å²) >= 11 is 5.95. The van der Waals surface area contributed by atoms with Crippen LogP contribution in [0.15, 0.2) is 41.3 Å². The van der Waals surface area contributed by atoms with E-state index < -0.39 is 15.8 Å². The zero-order valence-electron chi connectivity index (χ0n) is 14.8. The van der Waals surface area contributed by atoms with Gasteiger partial charge in [0.2, 0.25) is 0 Å². The number of aromatic carboxylic acids is 1. The van der Waals surface area contributed by atoms with Crippen LogP contribution in [-0.4, -0.2) is 31.8 Å². The molecule has 0 atom stereocenters. The van der Waals surface area contributed by atoms with Crippen LogP contribution >= 0.6 is 11.6 Å². The molecule has 0 saturated heterocycles. The van der Waals surface area contributed by atoms with Crippen molar-refractivity contribution in [2.24, 2.45) is 0 Å². The van der Waals surface area contributed by atoms with Crippen molar-refractivity contribution < 1.29 is 18.3 Å². The highest BCUT2D eigenvalue weighted by atomic mass is 35.5. The molecule has 0 spiro atoms. The van der Waals surface area contributed by atoms with Crippen LogP contribution in [0.5, 0.6) is 0 Å². The number of anilines is 1. The van der Waals surface area contributed by atoms with E-state index in [2.05, 4.69) is 5.32 Å². The third-order valence-electron chi connectivity index (χ3n) is 4.04. The fraction of sp³-hybridized carbons (Fsp3) is 0.316. The summed E-state index contributed by atoms with van der Waals surface area (Å²) in [5.41, 5.74) is 1.57. The van der Waals surface area contributed by atoms with Gasteiger partial charge in [0, 0.05) is 22.8 Å². The van der Waals surface area contributed by atoms with Gasteiger partial charge in [-0.2, -0.15) is 0 Å². The molecule has 0 aliphatic heterocycles. The van der Waals surface area contributed by atoms with Crippen molar-refractivity contribution in [3.05, 3.63) is 47.0 Å². The van der Waals surface area contributed by atoms with E-state index in [0.29, 0.717) is 28.4 Å². The summed E-state index contributed by atoms with van der Waals surface area (Å²) in [5, 5.41) is 13.1. The Morgan fingerprint density at radius 3 is 2.35 bits per heavy atom. The Kier molecular flexibility index (Phi) is 6.67. The number of unbranched alkanes of at least 4 members (excludes halogenated alkanes) is 1. The number of hydrogen-bond donors (Lipinski definition) is 2. The molecular formula is C19H22ClNO4S. The number of nitrogens with one attached hydrogen (secondary N) is 1. The van der Waals surface area contributed by atoms with Crippen LogP contribution < -0.4 is 5.32 Å². The van der Waals surface area contributed by atoms with Gasteiger partial charge in [-0.1, -0.05) is 44.0 Å². The van der Waals surface area contributed by atoms with E-state index in [1.165, 1.54) is 12.1 Å². The van der Waals surface area contributed by atoms with Crippen molar-refractivity contribution in [2.75, 3.05) is 17.6 Å². The highest BCUT2D eigenvalue weighted by Gasteiger charge is 2.23. The minimum absolute atomic E-state index is 0.0150. The minimum Gasteiger partial charge on any atom is -0.478 e. The second kappa shape index (κ2) is 8.56. The zero-order valence-corrected chi connectivity index (χ0v) is 16.3. The molecule has 0 heterocycles. The number of benzene rings is 2. The molecule has 0 radical (unpaired) electrons. The quantitative estimate of drug-likeness (QED) is 0.632. The Labute approximate surface area is 158 Å². The van der Waals surface area contributed by atoms with E-state index in [1.54, 1.807) is 31.2 Å². The number of carboxylic acids is 1. The van der Waals surface area contributed by atoms with Crippen LogP contribution in [0.1, 0.15) is 37.0 Å². The third kappa shape index (κ3) is 4.56. The summed E-state index contributed by atoms with van der Waals surface area (Å²) in [7, 11) is -3.63. The van der Waals surface area contributed by atoms with Crippen LogP contribution in [0, 0.1) is 0 Å². The van der Waals surface area contributed by atoms with Crippen LogP contribution in [0.3, 0.4) is 0 Å². The lowest BCUT2D eigenvalue weighted by Crippen LogP contribution is -2.12. The molecule has 0 bridgehead atoms. The zero-order chi connectivity index (χ0) is 19.3. The fourth-order valence-electron chi connectivity index (χ4n) is 2.59. The second-order valence-electron chi connectivity index (χ2n) is 5.89. The molecule has 2 N–H and O–H groups in total. The molecule has 2 aromatic rings. The van der Waals surface area contributed by atoms with Gasteiger partial charge in [0.25, 0.3) is 0 Å². The summed E-state index contributed by atoms with van der Waals surface area (Å²) in [5.74, 6) is -1.29. The van der Waals surface area contributed by atoms with Crippen molar-refractivity contribution in [2.45, 2.75) is 31.6 Å². The van der Waals surface area contributed by atoms with Crippen molar-refractivity contribution in [3.63, 3.8) is 0 Å². The molecule has 0 aromatic heterocycles. The van der Waals surface area contributed by atoms with E-state index in [-0.39, 0.29) is 16.2 Å². The average Bonchev–Trinajstić information content (AvgIpc) is 2.62. The molecule has 5 nitrogen and oxygen atoms in total. The van der Waals surface area contributed by atoms with Gasteiger partial charge in [-0.3, -0.25) is 0 Å². The fourth-order valence-corrected chi connectivity index (χ4v) is 3.88. The first-order chi connectivity index (χ1) is 12.3. The standard InChI is InChI=1S/C19H22ClNO4S/c1-3-5-10-21-16-11-14(19(22)23)12-17(26(24,25)4-2)18(16)13-6-8-15(20)9-7-13/h6-9,11-12,21H,3-5,10H2,1-2H3,(H,22,23). The van der Waals surface area contributed by atoms with Gasteiger partial charge in [-0.05, 0) is 36.2 Å². The Morgan fingerprint density at radius 2 is 1.81 bits per heavy atom. The van der Waals surface area contributed by atoms with Crippen molar-refractivity contribution in [1.29, 1.82) is 0 Å². The van der Waals surface area contributed by atoms with Crippen molar-refractivity contribution in [3.8, 4) is 11.1 Å². The third-order valence-corrected chi connectivity index (χ3v) is 6.05. The molecule has 2 aromatic carbocycles. The lowest BCUT2D eigenvalue weighted by Gasteiger charge is -2.18. The normalized spacial score (nSPS) is 11.3. The summed E-state index contributed by atoms with van der Waals surface area (Å²) in [6.07, 6.45) is 1.84. The summed E-state index contributed by atoms with van der Waals surface area (Å²) < 4.78 is 25.3. The Balaban J connectivity index is 2.77. The molecular weight excluding hydrogens is 374 g/mol.